The van der Waals surface area contributed by atoms with Gasteiger partial charge in [0.15, 0.2) is 0 Å². The smallest absolute Gasteiger partial charge is 0.327 e. The maximum atomic E-state index is 11.1. The minimum absolute atomic E-state index is 0.0747. The van der Waals surface area contributed by atoms with Crippen LogP contribution >= 0.6 is 0 Å². The molecular weight excluding hydrogens is 226 g/mol. The average molecular weight is 239 g/mol. The van der Waals surface area contributed by atoms with E-state index in [4.69, 9.17) is 5.11 Å². The van der Waals surface area contributed by atoms with Crippen LogP contribution in [-0.4, -0.2) is 43.8 Å². The van der Waals surface area contributed by atoms with Crippen molar-refractivity contribution in [2.45, 2.75) is 19.9 Å². The third-order valence-corrected chi connectivity index (χ3v) is 2.68. The molecule has 0 spiro atoms. The van der Waals surface area contributed by atoms with Gasteiger partial charge in [-0.25, -0.2) is 4.79 Å². The van der Waals surface area contributed by atoms with Crippen molar-refractivity contribution in [1.82, 2.24) is 5.32 Å². The molecule has 1 atom stereocenters. The highest BCUT2D eigenvalue weighted by atomic mass is 32.2. The van der Waals surface area contributed by atoms with Crippen molar-refractivity contribution in [3.8, 4) is 0 Å². The normalized spacial score (nSPS) is 13.2. The van der Waals surface area contributed by atoms with Gasteiger partial charge < -0.3 is 10.4 Å². The number of hydrogen-bond donors (Lipinski definition) is 2. The lowest BCUT2D eigenvalue weighted by Gasteiger charge is -2.12. The highest BCUT2D eigenvalue weighted by molar-refractivity contribution is 7.86. The number of carbonyl (C=O) groups excluding carboxylic acids is 1. The van der Waals surface area contributed by atoms with E-state index < -0.39 is 33.8 Å². The Balaban J connectivity index is 4.55. The molecule has 0 aliphatic carbocycles. The summed E-state index contributed by atoms with van der Waals surface area (Å²) in [6.45, 7) is 2.49. The molecule has 1 amide bonds. The molecule has 0 bridgehead atoms. The predicted octanol–water partition coefficient (Wildman–Crippen LogP) is -1.06. The number of carboxylic acids is 1. The van der Waals surface area contributed by atoms with Gasteiger partial charge in [0, 0.05) is 6.92 Å². The molecule has 2 N–H and O–H groups in total. The van der Waals surface area contributed by atoms with Gasteiger partial charge in [-0.05, 0) is 6.92 Å². The van der Waals surface area contributed by atoms with Crippen LogP contribution in [0, 0.1) is 0 Å². The first-order chi connectivity index (χ1) is 6.78. The second-order valence-electron chi connectivity index (χ2n) is 2.72. The van der Waals surface area contributed by atoms with E-state index in [1.807, 2.05) is 5.32 Å². The molecule has 0 aliphatic rings. The number of rotatable bonds is 6. The number of carboxylic acid groups (broad SMARTS) is 1. The largest absolute Gasteiger partial charge is 0.480 e. The Bertz CT molecular complexity index is 335. The van der Waals surface area contributed by atoms with Crippen molar-refractivity contribution >= 4 is 22.0 Å². The van der Waals surface area contributed by atoms with E-state index in [0.29, 0.717) is 0 Å². The summed E-state index contributed by atoms with van der Waals surface area (Å²) in [5.41, 5.74) is 0. The first-order valence-corrected chi connectivity index (χ1v) is 5.73. The van der Waals surface area contributed by atoms with Gasteiger partial charge >= 0.3 is 5.97 Å². The second-order valence-corrected chi connectivity index (χ2v) is 4.41. The SMILES string of the molecule is CCOS(=O)(=O)C[C@H](NC(C)=O)C(=O)O. The fourth-order valence-electron chi connectivity index (χ4n) is 0.852. The van der Waals surface area contributed by atoms with E-state index in [0.717, 1.165) is 6.92 Å². The summed E-state index contributed by atoms with van der Waals surface area (Å²) < 4.78 is 26.5. The molecular formula is C7H13NO6S. The van der Waals surface area contributed by atoms with Crippen LogP contribution in [0.3, 0.4) is 0 Å². The zero-order valence-electron chi connectivity index (χ0n) is 8.39. The van der Waals surface area contributed by atoms with Crippen LogP contribution in [0.4, 0.5) is 0 Å². The van der Waals surface area contributed by atoms with Gasteiger partial charge in [-0.3, -0.25) is 8.98 Å². The van der Waals surface area contributed by atoms with E-state index >= 15 is 0 Å². The lowest BCUT2D eigenvalue weighted by atomic mass is 10.3. The van der Waals surface area contributed by atoms with Crippen molar-refractivity contribution in [2.24, 2.45) is 0 Å². The van der Waals surface area contributed by atoms with Crippen LogP contribution in [0.15, 0.2) is 0 Å². The number of nitrogens with one attached hydrogen (secondary N) is 1. The highest BCUT2D eigenvalue weighted by Crippen LogP contribution is 1.98. The quantitative estimate of drug-likeness (QED) is 0.572. The van der Waals surface area contributed by atoms with Gasteiger partial charge in [0.1, 0.15) is 11.8 Å². The van der Waals surface area contributed by atoms with Gasteiger partial charge in [0.25, 0.3) is 10.1 Å². The van der Waals surface area contributed by atoms with Gasteiger partial charge in [-0.2, -0.15) is 8.42 Å². The molecule has 0 saturated heterocycles. The fraction of sp³-hybridized carbons (Fsp3) is 0.714. The van der Waals surface area contributed by atoms with Crippen molar-refractivity contribution in [2.75, 3.05) is 12.4 Å². The summed E-state index contributed by atoms with van der Waals surface area (Å²) >= 11 is 0. The minimum Gasteiger partial charge on any atom is -0.480 e. The zero-order valence-corrected chi connectivity index (χ0v) is 9.20. The van der Waals surface area contributed by atoms with Crippen molar-refractivity contribution in [3.05, 3.63) is 0 Å². The summed E-state index contributed by atoms with van der Waals surface area (Å²) in [6, 6.07) is -1.49. The first kappa shape index (κ1) is 13.8. The lowest BCUT2D eigenvalue weighted by molar-refractivity contribution is -0.140. The Morgan fingerprint density at radius 3 is 2.33 bits per heavy atom. The molecule has 0 saturated carbocycles. The second kappa shape index (κ2) is 5.66. The molecule has 0 heterocycles. The van der Waals surface area contributed by atoms with E-state index in [9.17, 15) is 18.0 Å². The monoisotopic (exact) mass is 239 g/mol. The lowest BCUT2D eigenvalue weighted by Crippen LogP contribution is -2.44. The van der Waals surface area contributed by atoms with Gasteiger partial charge in [0.05, 0.1) is 6.61 Å². The van der Waals surface area contributed by atoms with Crippen LogP contribution in [0.2, 0.25) is 0 Å². The van der Waals surface area contributed by atoms with Gasteiger partial charge in [-0.1, -0.05) is 0 Å². The van der Waals surface area contributed by atoms with E-state index in [2.05, 4.69) is 4.18 Å². The summed E-state index contributed by atoms with van der Waals surface area (Å²) in [5, 5.41) is 10.6. The molecule has 0 aliphatic heterocycles. The van der Waals surface area contributed by atoms with Crippen molar-refractivity contribution in [1.29, 1.82) is 0 Å². The Kier molecular flexibility index (Phi) is 5.23. The number of carbonyl (C=O) groups is 2. The molecule has 7 nitrogen and oxygen atoms in total. The van der Waals surface area contributed by atoms with Crippen LogP contribution in [0.25, 0.3) is 0 Å². The van der Waals surface area contributed by atoms with E-state index in [-0.39, 0.29) is 6.61 Å². The highest BCUT2D eigenvalue weighted by Gasteiger charge is 2.26. The summed E-state index contributed by atoms with van der Waals surface area (Å²) in [4.78, 5) is 21.2. The molecule has 0 aromatic rings. The molecule has 0 rings (SSSR count). The summed E-state index contributed by atoms with van der Waals surface area (Å²) in [7, 11) is -3.92. The molecule has 8 heteroatoms. The Labute approximate surface area is 87.5 Å². The molecule has 88 valence electrons. The standard InChI is InChI=1S/C7H13NO6S/c1-3-14-15(12,13)4-6(7(10)11)8-5(2)9/h6H,3-4H2,1-2H3,(H,8,9)(H,10,11)/t6-/m0/s1. The predicted molar refractivity (Wildman–Crippen MR) is 50.7 cm³/mol. The molecule has 0 radical (unpaired) electrons. The van der Waals surface area contributed by atoms with Crippen molar-refractivity contribution in [3.63, 3.8) is 0 Å². The minimum atomic E-state index is -3.92. The summed E-state index contributed by atoms with van der Waals surface area (Å²) in [6.07, 6.45) is 0. The maximum Gasteiger partial charge on any atom is 0.327 e. The third-order valence-electron chi connectivity index (χ3n) is 1.34. The average Bonchev–Trinajstić information content (AvgIpc) is 2.00. The van der Waals surface area contributed by atoms with E-state index in [1.54, 1.807) is 0 Å². The molecule has 0 aromatic heterocycles. The van der Waals surface area contributed by atoms with Gasteiger partial charge in [-0.15, -0.1) is 0 Å². The van der Waals surface area contributed by atoms with Gasteiger partial charge in [0.2, 0.25) is 5.91 Å². The Morgan fingerprint density at radius 1 is 1.47 bits per heavy atom. The Morgan fingerprint density at radius 2 is 2.00 bits per heavy atom. The first-order valence-electron chi connectivity index (χ1n) is 4.15. The molecule has 15 heavy (non-hydrogen) atoms. The van der Waals surface area contributed by atoms with Crippen LogP contribution in [0.5, 0.6) is 0 Å². The molecule has 0 fully saturated rings. The topological polar surface area (TPSA) is 110 Å². The maximum absolute atomic E-state index is 11.1. The molecule has 0 aromatic carbocycles. The zero-order chi connectivity index (χ0) is 12.1. The van der Waals surface area contributed by atoms with Crippen LogP contribution in [-0.2, 0) is 23.9 Å². The molecule has 0 unspecified atom stereocenters. The third kappa shape index (κ3) is 6.02. The number of amides is 1. The fourth-order valence-corrected chi connectivity index (χ4v) is 1.94. The number of hydrogen-bond acceptors (Lipinski definition) is 5. The van der Waals surface area contributed by atoms with Crippen molar-refractivity contribution < 1.29 is 27.3 Å². The number of aliphatic carboxylic acids is 1. The van der Waals surface area contributed by atoms with E-state index in [1.165, 1.54) is 6.92 Å². The summed E-state index contributed by atoms with van der Waals surface area (Å²) in [5.74, 6) is -2.82. The van der Waals surface area contributed by atoms with Crippen LogP contribution < -0.4 is 5.32 Å². The van der Waals surface area contributed by atoms with Crippen LogP contribution in [0.1, 0.15) is 13.8 Å². The Hall–Kier alpha value is -1.15.